The lowest BCUT2D eigenvalue weighted by Crippen LogP contribution is -2.54. The molecule has 0 bridgehead atoms. The van der Waals surface area contributed by atoms with Gasteiger partial charge in [-0.1, -0.05) is 107 Å². The summed E-state index contributed by atoms with van der Waals surface area (Å²) in [6.45, 7) is 13.0. The van der Waals surface area contributed by atoms with Crippen molar-refractivity contribution in [1.82, 2.24) is 15.5 Å². The van der Waals surface area contributed by atoms with Gasteiger partial charge in [-0.2, -0.15) is 4.99 Å². The number of aliphatic hydroxyl groups is 1. The van der Waals surface area contributed by atoms with E-state index in [9.17, 15) is 29.1 Å². The molecule has 0 aromatic heterocycles. The lowest BCUT2D eigenvalue weighted by Gasteiger charge is -2.36. The number of amidine groups is 1. The van der Waals surface area contributed by atoms with Crippen LogP contribution in [-0.4, -0.2) is 116 Å². The molecule has 3 aliphatic rings. The summed E-state index contributed by atoms with van der Waals surface area (Å²) in [4.78, 5) is 79.8. The molecule has 17 heteroatoms. The van der Waals surface area contributed by atoms with Gasteiger partial charge in [-0.05, 0) is 80.5 Å². The van der Waals surface area contributed by atoms with Crippen LogP contribution in [0.5, 0.6) is 5.75 Å². The molecule has 0 aliphatic carbocycles. The Morgan fingerprint density at radius 2 is 1.58 bits per heavy atom. The van der Waals surface area contributed by atoms with Crippen molar-refractivity contribution in [2.24, 2.45) is 27.6 Å². The highest BCUT2D eigenvalue weighted by Crippen LogP contribution is 2.33. The number of hydrogen-bond acceptors (Lipinski definition) is 12. The first-order valence-electron chi connectivity index (χ1n) is 26.0. The van der Waals surface area contributed by atoms with Gasteiger partial charge in [0.2, 0.25) is 23.7 Å². The number of piperazine rings is 1. The van der Waals surface area contributed by atoms with Crippen molar-refractivity contribution in [3.8, 4) is 5.75 Å². The van der Waals surface area contributed by atoms with Gasteiger partial charge < -0.3 is 46.6 Å². The number of fused-ring (bicyclic) bond motifs is 1. The van der Waals surface area contributed by atoms with Crippen molar-refractivity contribution in [1.29, 1.82) is 0 Å². The highest BCUT2D eigenvalue weighted by molar-refractivity contribution is 6.27. The van der Waals surface area contributed by atoms with E-state index in [1.807, 2.05) is 74.2 Å². The molecular formula is C56H76N10O7. The molecule has 3 heterocycles. The SMILES string of the molecule is C=CC(=O)Nc1cccc(N2C(=O)C=C(C)C3CN=C(Nc4ccc(N5CCN(C(=O)CCCCCCCCCCCNC(=O)[C@H](CC(C)C)NC(=O)[C@@H](O)[C@H](N)Cc6ccccc6)CC5)cc4OC)N=C32)c1. The van der Waals surface area contributed by atoms with Crippen molar-refractivity contribution in [2.45, 2.75) is 116 Å². The minimum Gasteiger partial charge on any atom is -0.494 e. The monoisotopic (exact) mass is 1000 g/mol. The molecule has 1 unspecified atom stereocenters. The van der Waals surface area contributed by atoms with Gasteiger partial charge in [0.15, 0.2) is 0 Å². The minimum absolute atomic E-state index is 0.168. The van der Waals surface area contributed by atoms with E-state index < -0.39 is 24.1 Å². The summed E-state index contributed by atoms with van der Waals surface area (Å²) in [6, 6.07) is 20.9. The Bertz CT molecular complexity index is 2470. The minimum atomic E-state index is -1.42. The Morgan fingerprint density at radius 1 is 0.877 bits per heavy atom. The first kappa shape index (κ1) is 55.5. The Morgan fingerprint density at radius 3 is 2.26 bits per heavy atom. The maximum absolute atomic E-state index is 13.4. The normalized spacial score (nSPS) is 16.8. The van der Waals surface area contributed by atoms with Crippen LogP contribution in [0.15, 0.2) is 107 Å². The van der Waals surface area contributed by atoms with Crippen LogP contribution in [0, 0.1) is 11.8 Å². The number of hydrogen-bond donors (Lipinski definition) is 6. The quantitative estimate of drug-likeness (QED) is 0.0367. The van der Waals surface area contributed by atoms with E-state index in [1.54, 1.807) is 42.4 Å². The highest BCUT2D eigenvalue weighted by Gasteiger charge is 2.36. The molecule has 73 heavy (non-hydrogen) atoms. The summed E-state index contributed by atoms with van der Waals surface area (Å²) >= 11 is 0. The van der Waals surface area contributed by atoms with E-state index in [4.69, 9.17) is 20.5 Å². The number of rotatable bonds is 26. The number of amides is 5. The zero-order valence-electron chi connectivity index (χ0n) is 43.1. The van der Waals surface area contributed by atoms with Crippen molar-refractivity contribution in [3.63, 3.8) is 0 Å². The second kappa shape index (κ2) is 27.8. The third-order valence-corrected chi connectivity index (χ3v) is 13.5. The number of benzene rings is 3. The van der Waals surface area contributed by atoms with Crippen LogP contribution in [0.25, 0.3) is 0 Å². The topological polar surface area (TPSA) is 223 Å². The van der Waals surface area contributed by atoms with Gasteiger partial charge in [-0.3, -0.25) is 28.9 Å². The van der Waals surface area contributed by atoms with Crippen molar-refractivity contribution >= 4 is 64.1 Å². The standard InChI is InChI=1S/C56H76N10O7/c1-6-49(67)60-41-22-19-23-43(35-41)66-51(69)33-39(4)44-37-59-56(63-53(44)66)62-46-26-25-42(36-48(46)73-5)64-28-30-65(31-29-64)50(68)24-17-12-10-8-7-9-11-13-18-27-58-54(71)47(32-38(2)3)61-55(72)52(70)45(57)34-40-20-15-14-16-21-40/h6,14-16,19-23,25-26,33,35-36,38,44-45,47,52,70H,1,7-13,17-18,24,27-32,34,37,57H2,2-5H3,(H,58,71)(H,59,62)(H,60,67)(H,61,72)/t44?,45-,47+,52+/m1/s1. The van der Waals surface area contributed by atoms with E-state index >= 15 is 0 Å². The lowest BCUT2D eigenvalue weighted by atomic mass is 9.93. The molecule has 0 saturated carbocycles. The summed E-state index contributed by atoms with van der Waals surface area (Å²) in [5, 5.41) is 22.4. The smallest absolute Gasteiger partial charge is 0.256 e. The number of unbranched alkanes of at least 4 members (excludes halogenated alkanes) is 8. The number of aliphatic hydroxyl groups excluding tert-OH is 1. The number of guanidine groups is 1. The summed E-state index contributed by atoms with van der Waals surface area (Å²) in [7, 11) is 1.61. The molecule has 17 nitrogen and oxygen atoms in total. The Balaban J connectivity index is 0.845. The second-order valence-corrected chi connectivity index (χ2v) is 19.6. The molecule has 1 saturated heterocycles. The zero-order chi connectivity index (χ0) is 52.3. The molecule has 7 N–H and O–H groups in total. The highest BCUT2D eigenvalue weighted by atomic mass is 16.5. The molecule has 0 radical (unpaired) electrons. The third kappa shape index (κ3) is 16.3. The van der Waals surface area contributed by atoms with Crippen molar-refractivity contribution in [3.05, 3.63) is 103 Å². The Hall–Kier alpha value is -6.85. The fourth-order valence-corrected chi connectivity index (χ4v) is 9.35. The molecule has 6 rings (SSSR count). The Kier molecular flexibility index (Phi) is 21.1. The molecule has 392 valence electrons. The van der Waals surface area contributed by atoms with Crippen LogP contribution in [0.3, 0.4) is 0 Å². The van der Waals surface area contributed by atoms with Gasteiger partial charge in [0.1, 0.15) is 23.7 Å². The average Bonchev–Trinajstić information content (AvgIpc) is 3.38. The average molecular weight is 1000 g/mol. The molecule has 3 aliphatic heterocycles. The maximum Gasteiger partial charge on any atom is 0.256 e. The van der Waals surface area contributed by atoms with Gasteiger partial charge in [-0.25, -0.2) is 4.99 Å². The van der Waals surface area contributed by atoms with Gasteiger partial charge >= 0.3 is 0 Å². The van der Waals surface area contributed by atoms with E-state index in [-0.39, 0.29) is 35.5 Å². The van der Waals surface area contributed by atoms with Gasteiger partial charge in [0.25, 0.3) is 11.8 Å². The fourth-order valence-electron chi connectivity index (χ4n) is 9.35. The number of nitrogens with one attached hydrogen (secondary N) is 4. The van der Waals surface area contributed by atoms with Crippen LogP contribution >= 0.6 is 0 Å². The molecule has 0 spiro atoms. The summed E-state index contributed by atoms with van der Waals surface area (Å²) in [6.07, 6.45) is 12.1. The maximum atomic E-state index is 13.4. The zero-order valence-corrected chi connectivity index (χ0v) is 43.1. The number of nitrogens with two attached hydrogens (primary N) is 1. The van der Waals surface area contributed by atoms with Gasteiger partial charge in [0, 0.05) is 68.7 Å². The number of carbonyl (C=O) groups is 5. The fraction of sp³-hybridized carbons (Fsp3) is 0.482. The molecule has 3 aromatic carbocycles. The van der Waals surface area contributed by atoms with E-state index in [0.29, 0.717) is 93.1 Å². The number of aliphatic imine (C=N–C) groups is 2. The van der Waals surface area contributed by atoms with Crippen LogP contribution in [0.4, 0.5) is 22.7 Å². The largest absolute Gasteiger partial charge is 0.494 e. The van der Waals surface area contributed by atoms with E-state index in [1.165, 1.54) is 6.08 Å². The van der Waals surface area contributed by atoms with Crippen LogP contribution in [0.2, 0.25) is 0 Å². The first-order chi connectivity index (χ1) is 35.2. The number of anilines is 4. The van der Waals surface area contributed by atoms with Gasteiger partial charge in [0.05, 0.1) is 30.9 Å². The first-order valence-corrected chi connectivity index (χ1v) is 26.0. The number of methoxy groups -OCH3 is 1. The molecule has 4 atom stereocenters. The number of ether oxygens (including phenoxy) is 1. The van der Waals surface area contributed by atoms with E-state index in [2.05, 4.69) is 32.7 Å². The lowest BCUT2D eigenvalue weighted by molar-refractivity contribution is -0.135. The van der Waals surface area contributed by atoms with E-state index in [0.717, 1.165) is 74.6 Å². The molecule has 1 fully saturated rings. The second-order valence-electron chi connectivity index (χ2n) is 19.6. The number of carbonyl (C=O) groups excluding carboxylic acids is 5. The predicted molar refractivity (Wildman–Crippen MR) is 290 cm³/mol. The summed E-state index contributed by atoms with van der Waals surface area (Å²) < 4.78 is 5.82. The van der Waals surface area contributed by atoms with Gasteiger partial charge in [-0.15, -0.1) is 0 Å². The Labute approximate surface area is 430 Å². The van der Waals surface area contributed by atoms with Crippen LogP contribution < -0.4 is 41.5 Å². The molecular weight excluding hydrogens is 925 g/mol. The predicted octanol–water partition coefficient (Wildman–Crippen LogP) is 6.74. The van der Waals surface area contributed by atoms with Crippen LogP contribution in [-0.2, 0) is 30.4 Å². The van der Waals surface area contributed by atoms with Crippen molar-refractivity contribution in [2.75, 3.05) is 66.8 Å². The van der Waals surface area contributed by atoms with Crippen LogP contribution in [0.1, 0.15) is 97.0 Å². The molecule has 3 aromatic rings. The summed E-state index contributed by atoms with van der Waals surface area (Å²) in [5.74, 6) is 0.203. The summed E-state index contributed by atoms with van der Waals surface area (Å²) in [5.41, 5.74) is 10.7. The number of nitrogens with zero attached hydrogens (tertiary/aromatic N) is 5. The van der Waals surface area contributed by atoms with Crippen molar-refractivity contribution < 1.29 is 33.8 Å². The third-order valence-electron chi connectivity index (χ3n) is 13.5. The molecule has 5 amide bonds.